The maximum absolute atomic E-state index is 5.75. The second kappa shape index (κ2) is 7.24. The van der Waals surface area contributed by atoms with Gasteiger partial charge in [0.05, 0.1) is 12.7 Å². The van der Waals surface area contributed by atoms with E-state index >= 15 is 0 Å². The van der Waals surface area contributed by atoms with Gasteiger partial charge in [0.2, 0.25) is 0 Å². The smallest absolute Gasteiger partial charge is 0.107 e. The summed E-state index contributed by atoms with van der Waals surface area (Å²) >= 11 is 0. The summed E-state index contributed by atoms with van der Waals surface area (Å²) < 4.78 is 11.1. The number of hydrogen-bond acceptors (Lipinski definition) is 2. The second-order valence-corrected chi connectivity index (χ2v) is 4.52. The van der Waals surface area contributed by atoms with Crippen LogP contribution in [0.1, 0.15) is 52.9 Å². The van der Waals surface area contributed by atoms with E-state index in [1.807, 2.05) is 0 Å². The van der Waals surface area contributed by atoms with E-state index in [-0.39, 0.29) is 0 Å². The minimum Gasteiger partial charge on any atom is -0.376 e. The molecule has 0 saturated carbocycles. The van der Waals surface area contributed by atoms with Crippen molar-refractivity contribution in [2.24, 2.45) is 5.92 Å². The Hall–Kier alpha value is -0.0800. The molecule has 1 aliphatic heterocycles. The molecular formula is C13H26O2. The monoisotopic (exact) mass is 214 g/mol. The summed E-state index contributed by atoms with van der Waals surface area (Å²) in [4.78, 5) is 0. The average Bonchev–Trinajstić information content (AvgIpc) is 3.06. The molecule has 1 fully saturated rings. The van der Waals surface area contributed by atoms with E-state index in [4.69, 9.17) is 9.47 Å². The third kappa shape index (κ3) is 4.98. The zero-order valence-corrected chi connectivity index (χ0v) is 10.5. The average molecular weight is 214 g/mol. The fourth-order valence-corrected chi connectivity index (χ4v) is 2.12. The lowest BCUT2D eigenvalue weighted by atomic mass is 9.92. The number of hydrogen-bond donors (Lipinski definition) is 0. The molecule has 1 aliphatic rings. The molecule has 15 heavy (non-hydrogen) atoms. The van der Waals surface area contributed by atoms with E-state index in [0.29, 0.717) is 12.2 Å². The van der Waals surface area contributed by atoms with Gasteiger partial charge >= 0.3 is 0 Å². The van der Waals surface area contributed by atoms with Crippen molar-refractivity contribution in [3.63, 3.8) is 0 Å². The van der Waals surface area contributed by atoms with Gasteiger partial charge in [-0.05, 0) is 19.3 Å². The molecule has 2 nitrogen and oxygen atoms in total. The molecule has 0 amide bonds. The normalized spacial score (nSPS) is 23.8. The maximum atomic E-state index is 5.75. The van der Waals surface area contributed by atoms with Crippen molar-refractivity contribution in [3.8, 4) is 0 Å². The van der Waals surface area contributed by atoms with Crippen molar-refractivity contribution >= 4 is 0 Å². The van der Waals surface area contributed by atoms with Crippen LogP contribution in [0.2, 0.25) is 0 Å². The van der Waals surface area contributed by atoms with Gasteiger partial charge in [-0.15, -0.1) is 0 Å². The van der Waals surface area contributed by atoms with Gasteiger partial charge in [-0.2, -0.15) is 0 Å². The minimum atomic E-state index is 0.358. The largest absolute Gasteiger partial charge is 0.376 e. The fourth-order valence-electron chi connectivity index (χ4n) is 2.12. The van der Waals surface area contributed by atoms with Crippen molar-refractivity contribution in [3.05, 3.63) is 0 Å². The standard InChI is InChI=1S/C13H26O2/c1-4-7-8-11(5-2)9-12(14-6-3)13-10-15-13/h11-13H,4-10H2,1-3H3. The van der Waals surface area contributed by atoms with Gasteiger partial charge in [0.1, 0.15) is 6.10 Å². The molecule has 3 unspecified atom stereocenters. The lowest BCUT2D eigenvalue weighted by molar-refractivity contribution is 0.0233. The van der Waals surface area contributed by atoms with E-state index in [1.165, 1.54) is 32.1 Å². The van der Waals surface area contributed by atoms with Crippen LogP contribution in [0.3, 0.4) is 0 Å². The summed E-state index contributed by atoms with van der Waals surface area (Å²) in [6.45, 7) is 8.35. The van der Waals surface area contributed by atoms with E-state index in [0.717, 1.165) is 19.1 Å². The molecule has 0 radical (unpaired) electrons. The van der Waals surface area contributed by atoms with Crippen LogP contribution in [-0.4, -0.2) is 25.4 Å². The van der Waals surface area contributed by atoms with E-state index in [9.17, 15) is 0 Å². The first-order valence-electron chi connectivity index (χ1n) is 6.54. The molecule has 1 saturated heterocycles. The summed E-state index contributed by atoms with van der Waals surface area (Å²) in [6, 6.07) is 0. The Labute approximate surface area is 94.3 Å². The maximum Gasteiger partial charge on any atom is 0.107 e. The third-order valence-electron chi connectivity index (χ3n) is 3.26. The van der Waals surface area contributed by atoms with Gasteiger partial charge in [0.25, 0.3) is 0 Å². The minimum absolute atomic E-state index is 0.358. The first kappa shape index (κ1) is 13.0. The molecule has 0 aromatic heterocycles. The van der Waals surface area contributed by atoms with Crippen molar-refractivity contribution in [2.75, 3.05) is 13.2 Å². The molecule has 0 aromatic rings. The Bertz CT molecular complexity index is 155. The molecule has 0 N–H and O–H groups in total. The van der Waals surface area contributed by atoms with Crippen LogP contribution in [0, 0.1) is 5.92 Å². The molecule has 0 bridgehead atoms. The highest BCUT2D eigenvalue weighted by atomic mass is 16.6. The van der Waals surface area contributed by atoms with Crippen LogP contribution in [-0.2, 0) is 9.47 Å². The van der Waals surface area contributed by atoms with E-state index < -0.39 is 0 Å². The highest BCUT2D eigenvalue weighted by molar-refractivity contribution is 4.82. The Kier molecular flexibility index (Phi) is 6.26. The number of epoxide rings is 1. The summed E-state index contributed by atoms with van der Waals surface area (Å²) in [6.07, 6.45) is 7.23. The summed E-state index contributed by atoms with van der Waals surface area (Å²) in [5.74, 6) is 0.825. The summed E-state index contributed by atoms with van der Waals surface area (Å²) in [5, 5.41) is 0. The van der Waals surface area contributed by atoms with Crippen LogP contribution in [0.15, 0.2) is 0 Å². The van der Waals surface area contributed by atoms with Crippen molar-refractivity contribution in [2.45, 2.75) is 65.1 Å². The predicted octanol–water partition coefficient (Wildman–Crippen LogP) is 3.40. The van der Waals surface area contributed by atoms with Gasteiger partial charge in [-0.3, -0.25) is 0 Å². The van der Waals surface area contributed by atoms with Crippen molar-refractivity contribution in [1.29, 1.82) is 0 Å². The first-order chi connectivity index (χ1) is 7.31. The van der Waals surface area contributed by atoms with Gasteiger partial charge < -0.3 is 9.47 Å². The molecule has 1 rings (SSSR count). The van der Waals surface area contributed by atoms with Crippen LogP contribution in [0.25, 0.3) is 0 Å². The van der Waals surface area contributed by atoms with E-state index in [2.05, 4.69) is 20.8 Å². The zero-order chi connectivity index (χ0) is 11.1. The number of ether oxygens (including phenoxy) is 2. The van der Waals surface area contributed by atoms with Gasteiger partial charge in [-0.25, -0.2) is 0 Å². The van der Waals surface area contributed by atoms with Crippen LogP contribution < -0.4 is 0 Å². The number of rotatable bonds is 9. The molecule has 90 valence electrons. The predicted molar refractivity (Wildman–Crippen MR) is 63.1 cm³/mol. The molecule has 3 atom stereocenters. The Morgan fingerprint density at radius 1 is 1.33 bits per heavy atom. The van der Waals surface area contributed by atoms with Crippen LogP contribution in [0.4, 0.5) is 0 Å². The fraction of sp³-hybridized carbons (Fsp3) is 1.00. The quantitative estimate of drug-likeness (QED) is 0.549. The third-order valence-corrected chi connectivity index (χ3v) is 3.26. The molecular weight excluding hydrogens is 188 g/mol. The molecule has 1 heterocycles. The van der Waals surface area contributed by atoms with Crippen LogP contribution in [0.5, 0.6) is 0 Å². The SMILES string of the molecule is CCCCC(CC)CC(OCC)C1CO1. The lowest BCUT2D eigenvalue weighted by Crippen LogP contribution is -2.23. The summed E-state index contributed by atoms with van der Waals surface area (Å²) in [5.41, 5.74) is 0. The topological polar surface area (TPSA) is 21.8 Å². The van der Waals surface area contributed by atoms with E-state index in [1.54, 1.807) is 0 Å². The lowest BCUT2D eigenvalue weighted by Gasteiger charge is -2.21. The van der Waals surface area contributed by atoms with Gasteiger partial charge in [-0.1, -0.05) is 39.5 Å². The second-order valence-electron chi connectivity index (χ2n) is 4.52. The molecule has 0 spiro atoms. The van der Waals surface area contributed by atoms with Crippen molar-refractivity contribution < 1.29 is 9.47 Å². The molecule has 0 aliphatic carbocycles. The molecule has 2 heteroatoms. The van der Waals surface area contributed by atoms with Gasteiger partial charge in [0.15, 0.2) is 0 Å². The zero-order valence-electron chi connectivity index (χ0n) is 10.5. The molecule has 0 aromatic carbocycles. The van der Waals surface area contributed by atoms with Crippen LogP contribution >= 0.6 is 0 Å². The highest BCUT2D eigenvalue weighted by Crippen LogP contribution is 2.27. The Morgan fingerprint density at radius 3 is 2.53 bits per heavy atom. The number of unbranched alkanes of at least 4 members (excludes halogenated alkanes) is 1. The summed E-state index contributed by atoms with van der Waals surface area (Å²) in [7, 11) is 0. The Morgan fingerprint density at radius 2 is 2.07 bits per heavy atom. The Balaban J connectivity index is 2.25. The van der Waals surface area contributed by atoms with Crippen molar-refractivity contribution in [1.82, 2.24) is 0 Å². The highest BCUT2D eigenvalue weighted by Gasteiger charge is 2.34. The van der Waals surface area contributed by atoms with Gasteiger partial charge in [0, 0.05) is 6.61 Å². The first-order valence-corrected chi connectivity index (χ1v) is 6.54.